The predicted octanol–water partition coefficient (Wildman–Crippen LogP) is 4.03. The normalized spacial score (nSPS) is 12.4. The van der Waals surface area contributed by atoms with Crippen LogP contribution in [0, 0.1) is 3.57 Å². The minimum atomic E-state index is 0.386. The molecule has 0 bridgehead atoms. The van der Waals surface area contributed by atoms with Crippen LogP contribution in [0.15, 0.2) is 48.5 Å². The third-order valence-corrected chi connectivity index (χ3v) is 3.76. The fourth-order valence-electron chi connectivity index (χ4n) is 1.83. The molecule has 2 rings (SSSR count). The number of hydrogen-bond acceptors (Lipinski definition) is 1. The number of anilines is 1. The number of halogens is 1. The Morgan fingerprint density at radius 1 is 1.06 bits per heavy atom. The molecule has 2 heteroatoms. The number of nitrogen functional groups attached to an aromatic ring is 1. The van der Waals surface area contributed by atoms with Crippen LogP contribution in [-0.4, -0.2) is 0 Å². The summed E-state index contributed by atoms with van der Waals surface area (Å²) in [5.41, 5.74) is 9.26. The molecule has 1 atom stereocenters. The molecule has 0 saturated carbocycles. The molecule has 1 unspecified atom stereocenters. The van der Waals surface area contributed by atoms with Gasteiger partial charge in [0.2, 0.25) is 0 Å². The molecule has 0 aliphatic carbocycles. The van der Waals surface area contributed by atoms with Crippen molar-refractivity contribution in [1.29, 1.82) is 0 Å². The Bertz CT molecular complexity index is 494. The van der Waals surface area contributed by atoms with Crippen LogP contribution in [0.2, 0.25) is 0 Å². The van der Waals surface area contributed by atoms with Crippen LogP contribution < -0.4 is 5.73 Å². The first-order valence-corrected chi connectivity index (χ1v) is 6.36. The highest BCUT2D eigenvalue weighted by molar-refractivity contribution is 14.1. The van der Waals surface area contributed by atoms with Crippen molar-refractivity contribution in [2.24, 2.45) is 0 Å². The molecular formula is C14H14IN. The fourth-order valence-corrected chi connectivity index (χ4v) is 2.69. The highest BCUT2D eigenvalue weighted by atomic mass is 127. The van der Waals surface area contributed by atoms with E-state index in [1.54, 1.807) is 0 Å². The van der Waals surface area contributed by atoms with E-state index in [9.17, 15) is 0 Å². The number of nitrogens with two attached hydrogens (primary N) is 1. The molecule has 0 amide bonds. The van der Waals surface area contributed by atoms with Gasteiger partial charge in [-0.2, -0.15) is 0 Å². The van der Waals surface area contributed by atoms with Crippen LogP contribution in [0.1, 0.15) is 24.0 Å². The van der Waals surface area contributed by atoms with Crippen molar-refractivity contribution in [3.63, 3.8) is 0 Å². The zero-order valence-corrected chi connectivity index (χ0v) is 11.3. The summed E-state index contributed by atoms with van der Waals surface area (Å²) >= 11 is 2.38. The highest BCUT2D eigenvalue weighted by Gasteiger charge is 2.10. The smallest absolute Gasteiger partial charge is 0.0316 e. The lowest BCUT2D eigenvalue weighted by Crippen LogP contribution is -1.99. The van der Waals surface area contributed by atoms with E-state index in [0.717, 1.165) is 5.69 Å². The van der Waals surface area contributed by atoms with E-state index in [-0.39, 0.29) is 0 Å². The van der Waals surface area contributed by atoms with Gasteiger partial charge in [-0.25, -0.2) is 0 Å². The molecule has 2 aromatic rings. The number of hydrogen-bond donors (Lipinski definition) is 1. The average molecular weight is 323 g/mol. The third-order valence-electron chi connectivity index (χ3n) is 2.78. The van der Waals surface area contributed by atoms with E-state index in [2.05, 4.69) is 59.8 Å². The molecule has 0 spiro atoms. The molecule has 0 fully saturated rings. The van der Waals surface area contributed by atoms with Gasteiger partial charge >= 0.3 is 0 Å². The molecule has 0 radical (unpaired) electrons. The van der Waals surface area contributed by atoms with E-state index in [4.69, 9.17) is 5.73 Å². The third kappa shape index (κ3) is 2.38. The molecule has 82 valence electrons. The Balaban J connectivity index is 2.39. The molecule has 0 aromatic heterocycles. The van der Waals surface area contributed by atoms with Crippen molar-refractivity contribution < 1.29 is 0 Å². The summed E-state index contributed by atoms with van der Waals surface area (Å²) in [6, 6.07) is 16.6. The SMILES string of the molecule is CC(c1cccc(N)c1)c1ccccc1I. The Morgan fingerprint density at radius 3 is 2.50 bits per heavy atom. The first-order chi connectivity index (χ1) is 7.68. The molecule has 0 aliphatic rings. The second-order valence-corrected chi connectivity index (χ2v) is 5.08. The van der Waals surface area contributed by atoms with E-state index in [0.29, 0.717) is 5.92 Å². The van der Waals surface area contributed by atoms with Crippen LogP contribution in [0.25, 0.3) is 0 Å². The second-order valence-electron chi connectivity index (χ2n) is 3.91. The van der Waals surface area contributed by atoms with Gasteiger partial charge in [-0.15, -0.1) is 0 Å². The average Bonchev–Trinajstić information content (AvgIpc) is 2.29. The molecule has 2 N–H and O–H groups in total. The van der Waals surface area contributed by atoms with Crippen molar-refractivity contribution >= 4 is 28.3 Å². The lowest BCUT2D eigenvalue weighted by molar-refractivity contribution is 0.916. The summed E-state index contributed by atoms with van der Waals surface area (Å²) in [7, 11) is 0. The van der Waals surface area contributed by atoms with Gasteiger partial charge in [0.05, 0.1) is 0 Å². The summed E-state index contributed by atoms with van der Waals surface area (Å²) in [4.78, 5) is 0. The van der Waals surface area contributed by atoms with E-state index in [1.165, 1.54) is 14.7 Å². The van der Waals surface area contributed by atoms with E-state index in [1.807, 2.05) is 18.2 Å². The summed E-state index contributed by atoms with van der Waals surface area (Å²) in [5.74, 6) is 0.386. The maximum absolute atomic E-state index is 5.81. The topological polar surface area (TPSA) is 26.0 Å². The lowest BCUT2D eigenvalue weighted by atomic mass is 9.93. The zero-order valence-electron chi connectivity index (χ0n) is 9.15. The van der Waals surface area contributed by atoms with Gasteiger partial charge in [0.1, 0.15) is 0 Å². The molecule has 0 saturated heterocycles. The van der Waals surface area contributed by atoms with Crippen LogP contribution in [0.4, 0.5) is 5.69 Å². The summed E-state index contributed by atoms with van der Waals surface area (Å²) < 4.78 is 1.30. The predicted molar refractivity (Wildman–Crippen MR) is 77.5 cm³/mol. The second kappa shape index (κ2) is 4.87. The van der Waals surface area contributed by atoms with Gasteiger partial charge in [0.15, 0.2) is 0 Å². The Hall–Kier alpha value is -1.03. The van der Waals surface area contributed by atoms with Crippen molar-refractivity contribution in [2.45, 2.75) is 12.8 Å². The van der Waals surface area contributed by atoms with Gasteiger partial charge in [0.25, 0.3) is 0 Å². The molecule has 16 heavy (non-hydrogen) atoms. The number of rotatable bonds is 2. The van der Waals surface area contributed by atoms with Crippen LogP contribution >= 0.6 is 22.6 Å². The quantitative estimate of drug-likeness (QED) is 0.655. The maximum atomic E-state index is 5.81. The van der Waals surface area contributed by atoms with Crippen molar-refractivity contribution in [1.82, 2.24) is 0 Å². The molecular weight excluding hydrogens is 309 g/mol. The zero-order chi connectivity index (χ0) is 11.5. The summed E-state index contributed by atoms with van der Waals surface area (Å²) in [6.07, 6.45) is 0. The van der Waals surface area contributed by atoms with Gasteiger partial charge in [-0.05, 0) is 51.9 Å². The Morgan fingerprint density at radius 2 is 1.81 bits per heavy atom. The van der Waals surface area contributed by atoms with Crippen LogP contribution in [0.5, 0.6) is 0 Å². The Labute approximate surface area is 110 Å². The van der Waals surface area contributed by atoms with Gasteiger partial charge in [0, 0.05) is 15.2 Å². The van der Waals surface area contributed by atoms with Crippen molar-refractivity contribution in [2.75, 3.05) is 5.73 Å². The minimum absolute atomic E-state index is 0.386. The monoisotopic (exact) mass is 323 g/mol. The van der Waals surface area contributed by atoms with Gasteiger partial charge in [-0.3, -0.25) is 0 Å². The minimum Gasteiger partial charge on any atom is -0.399 e. The van der Waals surface area contributed by atoms with Crippen molar-refractivity contribution in [3.8, 4) is 0 Å². The molecule has 1 nitrogen and oxygen atoms in total. The first kappa shape index (κ1) is 11.5. The van der Waals surface area contributed by atoms with E-state index >= 15 is 0 Å². The molecule has 0 aliphatic heterocycles. The molecule has 2 aromatic carbocycles. The largest absolute Gasteiger partial charge is 0.399 e. The van der Waals surface area contributed by atoms with E-state index < -0.39 is 0 Å². The molecule has 0 heterocycles. The fraction of sp³-hybridized carbons (Fsp3) is 0.143. The van der Waals surface area contributed by atoms with Gasteiger partial charge in [-0.1, -0.05) is 37.3 Å². The highest BCUT2D eigenvalue weighted by Crippen LogP contribution is 2.28. The summed E-state index contributed by atoms with van der Waals surface area (Å²) in [5, 5.41) is 0. The number of benzene rings is 2. The Kier molecular flexibility index (Phi) is 3.49. The van der Waals surface area contributed by atoms with Crippen molar-refractivity contribution in [3.05, 3.63) is 63.2 Å². The van der Waals surface area contributed by atoms with Crippen LogP contribution in [-0.2, 0) is 0 Å². The summed E-state index contributed by atoms with van der Waals surface area (Å²) in [6.45, 7) is 2.21. The standard InChI is InChI=1S/C14H14IN/c1-10(11-5-4-6-12(16)9-11)13-7-2-3-8-14(13)15/h2-10H,16H2,1H3. The van der Waals surface area contributed by atoms with Crippen LogP contribution in [0.3, 0.4) is 0 Å². The first-order valence-electron chi connectivity index (χ1n) is 5.28. The van der Waals surface area contributed by atoms with Gasteiger partial charge < -0.3 is 5.73 Å². The lowest BCUT2D eigenvalue weighted by Gasteiger charge is -2.14. The maximum Gasteiger partial charge on any atom is 0.0316 e.